The highest BCUT2D eigenvalue weighted by atomic mass is 15.4. The molecule has 17 heavy (non-hydrogen) atoms. The minimum Gasteiger partial charge on any atom is -0.361 e. The number of aromatic amines is 1. The standard InChI is InChI=1S/C11H20N6/c1-8-5-6-9(15-8)7-16(3)11(13)17(4)10(12)14-2/h5-6,13,15H,7H2,1-4H3,(H2,12,14). The fraction of sp³-hybridized carbons (Fsp3) is 0.455. The fourth-order valence-corrected chi connectivity index (χ4v) is 1.51. The summed E-state index contributed by atoms with van der Waals surface area (Å²) in [6.45, 7) is 2.62. The molecule has 94 valence electrons. The molecule has 1 rings (SSSR count). The summed E-state index contributed by atoms with van der Waals surface area (Å²) in [5.74, 6) is 0.473. The van der Waals surface area contributed by atoms with E-state index in [-0.39, 0.29) is 11.9 Å². The summed E-state index contributed by atoms with van der Waals surface area (Å²) in [5, 5.41) is 18.2. The van der Waals surface area contributed by atoms with Crippen molar-refractivity contribution in [2.24, 2.45) is 0 Å². The number of aromatic nitrogens is 1. The van der Waals surface area contributed by atoms with E-state index < -0.39 is 0 Å². The number of guanidine groups is 2. The van der Waals surface area contributed by atoms with Gasteiger partial charge in [-0.15, -0.1) is 0 Å². The van der Waals surface area contributed by atoms with Gasteiger partial charge in [0.05, 0.1) is 6.54 Å². The van der Waals surface area contributed by atoms with E-state index in [0.717, 1.165) is 11.4 Å². The van der Waals surface area contributed by atoms with Crippen LogP contribution < -0.4 is 5.32 Å². The SMILES string of the molecule is CNC(=N)N(C)C(=N)N(C)Cc1ccc(C)[nH]1. The van der Waals surface area contributed by atoms with Crippen molar-refractivity contribution in [1.82, 2.24) is 20.1 Å². The van der Waals surface area contributed by atoms with Crippen LogP contribution in [0, 0.1) is 17.7 Å². The first-order chi connectivity index (χ1) is 7.95. The molecule has 0 amide bonds. The highest BCUT2D eigenvalue weighted by molar-refractivity contribution is 5.95. The van der Waals surface area contributed by atoms with Crippen molar-refractivity contribution in [3.63, 3.8) is 0 Å². The molecule has 1 aromatic rings. The average molecular weight is 236 g/mol. The third-order valence-corrected chi connectivity index (χ3v) is 2.55. The number of nitrogens with zero attached hydrogens (tertiary/aromatic N) is 2. The molecule has 0 fully saturated rings. The topological polar surface area (TPSA) is 82.0 Å². The van der Waals surface area contributed by atoms with Crippen molar-refractivity contribution >= 4 is 11.9 Å². The molecule has 6 nitrogen and oxygen atoms in total. The lowest BCUT2D eigenvalue weighted by molar-refractivity contribution is 0.433. The Kier molecular flexibility index (Phi) is 4.14. The summed E-state index contributed by atoms with van der Waals surface area (Å²) in [4.78, 5) is 6.47. The van der Waals surface area contributed by atoms with E-state index in [4.69, 9.17) is 10.8 Å². The smallest absolute Gasteiger partial charge is 0.200 e. The van der Waals surface area contributed by atoms with Crippen LogP contribution in [0.3, 0.4) is 0 Å². The lowest BCUT2D eigenvalue weighted by Gasteiger charge is -2.27. The van der Waals surface area contributed by atoms with Crippen molar-refractivity contribution in [1.29, 1.82) is 10.8 Å². The summed E-state index contributed by atoms with van der Waals surface area (Å²) in [7, 11) is 5.19. The van der Waals surface area contributed by atoms with Gasteiger partial charge in [0.25, 0.3) is 0 Å². The number of hydrogen-bond donors (Lipinski definition) is 4. The lowest BCUT2D eigenvalue weighted by Crippen LogP contribution is -2.46. The second-order valence-electron chi connectivity index (χ2n) is 4.00. The van der Waals surface area contributed by atoms with Gasteiger partial charge in [0.2, 0.25) is 0 Å². The summed E-state index contributed by atoms with van der Waals surface area (Å²) in [6.07, 6.45) is 0. The Morgan fingerprint density at radius 1 is 1.35 bits per heavy atom. The molecule has 1 heterocycles. The van der Waals surface area contributed by atoms with Gasteiger partial charge in [-0.25, -0.2) is 0 Å². The molecule has 0 atom stereocenters. The molecule has 0 spiro atoms. The first kappa shape index (κ1) is 13.1. The summed E-state index contributed by atoms with van der Waals surface area (Å²) in [6, 6.07) is 4.01. The van der Waals surface area contributed by atoms with Crippen LogP contribution in [0.1, 0.15) is 11.4 Å². The number of rotatable bonds is 2. The molecule has 0 saturated heterocycles. The Balaban J connectivity index is 2.61. The minimum absolute atomic E-state index is 0.199. The lowest BCUT2D eigenvalue weighted by atomic mass is 10.4. The summed E-state index contributed by atoms with van der Waals surface area (Å²) < 4.78 is 0. The molecular weight excluding hydrogens is 216 g/mol. The molecule has 0 aliphatic carbocycles. The van der Waals surface area contributed by atoms with Gasteiger partial charge in [-0.3, -0.25) is 15.7 Å². The summed E-state index contributed by atoms with van der Waals surface area (Å²) >= 11 is 0. The third-order valence-electron chi connectivity index (χ3n) is 2.55. The number of nitrogens with one attached hydrogen (secondary N) is 4. The first-order valence-electron chi connectivity index (χ1n) is 5.40. The van der Waals surface area contributed by atoms with Crippen LogP contribution >= 0.6 is 0 Å². The van der Waals surface area contributed by atoms with Gasteiger partial charge in [-0.2, -0.15) is 0 Å². The molecule has 6 heteroatoms. The molecular formula is C11H20N6. The molecule has 0 radical (unpaired) electrons. The maximum Gasteiger partial charge on any atom is 0.200 e. The predicted octanol–water partition coefficient (Wildman–Crippen LogP) is 0.776. The van der Waals surface area contributed by atoms with Gasteiger partial charge in [0.15, 0.2) is 11.9 Å². The maximum atomic E-state index is 7.95. The van der Waals surface area contributed by atoms with Crippen LogP contribution in [0.25, 0.3) is 0 Å². The molecule has 1 aromatic heterocycles. The normalized spacial score (nSPS) is 9.88. The Hall–Kier alpha value is -1.98. The van der Waals surface area contributed by atoms with E-state index in [9.17, 15) is 0 Å². The molecule has 4 N–H and O–H groups in total. The number of aryl methyl sites for hydroxylation is 1. The monoisotopic (exact) mass is 236 g/mol. The molecule has 0 aliphatic rings. The largest absolute Gasteiger partial charge is 0.361 e. The van der Waals surface area contributed by atoms with Gasteiger partial charge in [0, 0.05) is 32.5 Å². The van der Waals surface area contributed by atoms with Gasteiger partial charge in [-0.05, 0) is 19.1 Å². The number of H-pyrrole nitrogens is 1. The zero-order valence-corrected chi connectivity index (χ0v) is 10.8. The van der Waals surface area contributed by atoms with Gasteiger partial charge in [-0.1, -0.05) is 0 Å². The second-order valence-corrected chi connectivity index (χ2v) is 4.00. The van der Waals surface area contributed by atoms with E-state index in [2.05, 4.69) is 10.3 Å². The highest BCUT2D eigenvalue weighted by Crippen LogP contribution is 2.04. The molecule has 0 aromatic carbocycles. The van der Waals surface area contributed by atoms with E-state index >= 15 is 0 Å². The van der Waals surface area contributed by atoms with Gasteiger partial charge < -0.3 is 15.2 Å². The van der Waals surface area contributed by atoms with Crippen LogP contribution in [0.2, 0.25) is 0 Å². The highest BCUT2D eigenvalue weighted by Gasteiger charge is 2.13. The fourth-order valence-electron chi connectivity index (χ4n) is 1.51. The quantitative estimate of drug-likeness (QED) is 0.452. The maximum absolute atomic E-state index is 7.95. The van der Waals surface area contributed by atoms with Gasteiger partial charge >= 0.3 is 0 Å². The average Bonchev–Trinajstić information content (AvgIpc) is 2.71. The third kappa shape index (κ3) is 3.24. The summed E-state index contributed by atoms with van der Waals surface area (Å²) in [5.41, 5.74) is 2.16. The second kappa shape index (κ2) is 5.38. The molecule has 0 aliphatic heterocycles. The van der Waals surface area contributed by atoms with Crippen LogP contribution in [0.5, 0.6) is 0 Å². The van der Waals surface area contributed by atoms with E-state index in [1.165, 1.54) is 4.90 Å². The van der Waals surface area contributed by atoms with E-state index in [1.54, 1.807) is 19.0 Å². The molecule has 0 bridgehead atoms. The van der Waals surface area contributed by atoms with Gasteiger partial charge in [0.1, 0.15) is 0 Å². The van der Waals surface area contributed by atoms with Crippen LogP contribution in [0.15, 0.2) is 12.1 Å². The zero-order chi connectivity index (χ0) is 13.0. The Labute approximate surface area is 102 Å². The Bertz CT molecular complexity index is 408. The van der Waals surface area contributed by atoms with E-state index in [1.807, 2.05) is 26.1 Å². The molecule has 0 unspecified atom stereocenters. The van der Waals surface area contributed by atoms with Crippen molar-refractivity contribution < 1.29 is 0 Å². The first-order valence-corrected chi connectivity index (χ1v) is 5.40. The van der Waals surface area contributed by atoms with Crippen LogP contribution in [-0.4, -0.2) is 47.8 Å². The predicted molar refractivity (Wildman–Crippen MR) is 69.3 cm³/mol. The Morgan fingerprint density at radius 2 is 2.00 bits per heavy atom. The van der Waals surface area contributed by atoms with Crippen molar-refractivity contribution in [3.05, 3.63) is 23.5 Å². The van der Waals surface area contributed by atoms with Crippen LogP contribution in [-0.2, 0) is 6.54 Å². The van der Waals surface area contributed by atoms with Crippen molar-refractivity contribution in [2.75, 3.05) is 21.1 Å². The van der Waals surface area contributed by atoms with Crippen LogP contribution in [0.4, 0.5) is 0 Å². The van der Waals surface area contributed by atoms with Crippen molar-refractivity contribution in [2.45, 2.75) is 13.5 Å². The van der Waals surface area contributed by atoms with Crippen molar-refractivity contribution in [3.8, 4) is 0 Å². The number of hydrogen-bond acceptors (Lipinski definition) is 2. The Morgan fingerprint density at radius 3 is 2.47 bits per heavy atom. The zero-order valence-electron chi connectivity index (χ0n) is 10.8. The minimum atomic E-state index is 0.199. The molecule has 0 saturated carbocycles. The van der Waals surface area contributed by atoms with E-state index in [0.29, 0.717) is 6.54 Å².